The van der Waals surface area contributed by atoms with Gasteiger partial charge >= 0.3 is 12.0 Å². The van der Waals surface area contributed by atoms with Crippen LogP contribution in [0.4, 0.5) is 4.79 Å². The van der Waals surface area contributed by atoms with Crippen LogP contribution in [-0.2, 0) is 9.53 Å². The van der Waals surface area contributed by atoms with Crippen molar-refractivity contribution in [3.63, 3.8) is 0 Å². The van der Waals surface area contributed by atoms with Crippen LogP contribution in [0, 0.1) is 0 Å². The van der Waals surface area contributed by atoms with Gasteiger partial charge in [-0.1, -0.05) is 13.8 Å². The summed E-state index contributed by atoms with van der Waals surface area (Å²) in [5, 5.41) is 11.0. The highest BCUT2D eigenvalue weighted by Crippen LogP contribution is 1.94. The van der Waals surface area contributed by atoms with Crippen LogP contribution in [0.1, 0.15) is 26.7 Å². The van der Waals surface area contributed by atoms with E-state index in [1.54, 1.807) is 4.90 Å². The van der Waals surface area contributed by atoms with Crippen LogP contribution in [0.5, 0.6) is 0 Å². The molecule has 6 heteroatoms. The van der Waals surface area contributed by atoms with Crippen molar-refractivity contribution in [3.8, 4) is 0 Å². The molecule has 17 heavy (non-hydrogen) atoms. The zero-order valence-corrected chi connectivity index (χ0v) is 10.6. The molecule has 2 N–H and O–H groups in total. The van der Waals surface area contributed by atoms with E-state index in [0.717, 1.165) is 25.9 Å². The van der Waals surface area contributed by atoms with Crippen LogP contribution in [0.15, 0.2) is 0 Å². The van der Waals surface area contributed by atoms with E-state index < -0.39 is 5.97 Å². The van der Waals surface area contributed by atoms with E-state index >= 15 is 0 Å². The van der Waals surface area contributed by atoms with Gasteiger partial charge in [-0.2, -0.15) is 0 Å². The summed E-state index contributed by atoms with van der Waals surface area (Å²) in [7, 11) is 0. The van der Waals surface area contributed by atoms with Crippen molar-refractivity contribution in [2.75, 3.05) is 32.8 Å². The van der Waals surface area contributed by atoms with E-state index in [2.05, 4.69) is 5.32 Å². The lowest BCUT2D eigenvalue weighted by Gasteiger charge is -2.21. The molecule has 0 bridgehead atoms. The van der Waals surface area contributed by atoms with Crippen LogP contribution < -0.4 is 5.32 Å². The van der Waals surface area contributed by atoms with Crippen LogP contribution in [-0.4, -0.2) is 54.9 Å². The lowest BCUT2D eigenvalue weighted by molar-refractivity contribution is -0.142. The van der Waals surface area contributed by atoms with E-state index in [9.17, 15) is 9.59 Å². The van der Waals surface area contributed by atoms with Gasteiger partial charge in [0.05, 0.1) is 6.61 Å². The summed E-state index contributed by atoms with van der Waals surface area (Å²) >= 11 is 0. The fourth-order valence-corrected chi connectivity index (χ4v) is 1.36. The minimum absolute atomic E-state index is 0.118. The van der Waals surface area contributed by atoms with Gasteiger partial charge in [0.1, 0.15) is 6.61 Å². The third-order valence-electron chi connectivity index (χ3n) is 2.02. The molecule has 100 valence electrons. The number of carboxylic acids is 1. The first-order valence-corrected chi connectivity index (χ1v) is 5.94. The number of carbonyl (C=O) groups is 2. The van der Waals surface area contributed by atoms with E-state index in [0.29, 0.717) is 6.54 Å². The number of amides is 2. The monoisotopic (exact) mass is 246 g/mol. The maximum atomic E-state index is 11.7. The number of ether oxygens (including phenoxy) is 1. The second kappa shape index (κ2) is 9.89. The Labute approximate surface area is 102 Å². The van der Waals surface area contributed by atoms with Gasteiger partial charge in [0.15, 0.2) is 0 Å². The summed E-state index contributed by atoms with van der Waals surface area (Å²) in [6, 6.07) is -0.118. The molecule has 0 aromatic rings. The SMILES string of the molecule is CCCN(CCC)C(=O)NCCOCC(=O)O. The van der Waals surface area contributed by atoms with Crippen molar-refractivity contribution in [2.24, 2.45) is 0 Å². The standard InChI is InChI=1S/C11H22N2O4/c1-3-6-13(7-4-2)11(16)12-5-8-17-9-10(14)15/h3-9H2,1-2H3,(H,12,16)(H,14,15). The predicted molar refractivity (Wildman–Crippen MR) is 64.0 cm³/mol. The van der Waals surface area contributed by atoms with E-state index in [4.69, 9.17) is 9.84 Å². The highest BCUT2D eigenvalue weighted by molar-refractivity contribution is 5.74. The highest BCUT2D eigenvalue weighted by atomic mass is 16.5. The van der Waals surface area contributed by atoms with E-state index in [1.807, 2.05) is 13.8 Å². The largest absolute Gasteiger partial charge is 0.480 e. The number of nitrogens with zero attached hydrogens (tertiary/aromatic N) is 1. The summed E-state index contributed by atoms with van der Waals surface area (Å²) in [4.78, 5) is 23.6. The Kier molecular flexibility index (Phi) is 9.14. The molecule has 0 atom stereocenters. The molecule has 0 saturated carbocycles. The second-order valence-corrected chi connectivity index (χ2v) is 3.67. The fraction of sp³-hybridized carbons (Fsp3) is 0.818. The van der Waals surface area contributed by atoms with Crippen LogP contribution >= 0.6 is 0 Å². The van der Waals surface area contributed by atoms with Crippen molar-refractivity contribution in [1.29, 1.82) is 0 Å². The maximum Gasteiger partial charge on any atom is 0.329 e. The van der Waals surface area contributed by atoms with Gasteiger partial charge in [0.25, 0.3) is 0 Å². The number of nitrogens with one attached hydrogen (secondary N) is 1. The van der Waals surface area contributed by atoms with Gasteiger partial charge in [-0.3, -0.25) is 0 Å². The fourth-order valence-electron chi connectivity index (χ4n) is 1.36. The molecule has 0 fully saturated rings. The summed E-state index contributed by atoms with van der Waals surface area (Å²) in [6.07, 6.45) is 1.84. The highest BCUT2D eigenvalue weighted by Gasteiger charge is 2.10. The summed E-state index contributed by atoms with van der Waals surface area (Å²) in [5.41, 5.74) is 0. The number of carbonyl (C=O) groups excluding carboxylic acids is 1. The molecular weight excluding hydrogens is 224 g/mol. The lowest BCUT2D eigenvalue weighted by Crippen LogP contribution is -2.42. The molecule has 0 rings (SSSR count). The number of hydrogen-bond acceptors (Lipinski definition) is 3. The van der Waals surface area contributed by atoms with Crippen molar-refractivity contribution in [1.82, 2.24) is 10.2 Å². The summed E-state index contributed by atoms with van der Waals surface area (Å²) in [6.45, 7) is 5.72. The minimum atomic E-state index is -1.00. The summed E-state index contributed by atoms with van der Waals surface area (Å²) < 4.78 is 4.81. The molecule has 0 aromatic carbocycles. The Morgan fingerprint density at radius 3 is 2.29 bits per heavy atom. The van der Waals surface area contributed by atoms with Crippen molar-refractivity contribution in [2.45, 2.75) is 26.7 Å². The number of hydrogen-bond donors (Lipinski definition) is 2. The third-order valence-corrected chi connectivity index (χ3v) is 2.02. The van der Waals surface area contributed by atoms with Crippen LogP contribution in [0.2, 0.25) is 0 Å². The molecule has 0 aliphatic carbocycles. The van der Waals surface area contributed by atoms with Crippen LogP contribution in [0.3, 0.4) is 0 Å². The molecule has 0 aliphatic heterocycles. The van der Waals surface area contributed by atoms with Crippen molar-refractivity contribution >= 4 is 12.0 Å². The minimum Gasteiger partial charge on any atom is -0.480 e. The van der Waals surface area contributed by atoms with Gasteiger partial charge in [-0.15, -0.1) is 0 Å². The maximum absolute atomic E-state index is 11.7. The molecular formula is C11H22N2O4. The first kappa shape index (κ1) is 15.7. The quantitative estimate of drug-likeness (QED) is 0.593. The summed E-state index contributed by atoms with van der Waals surface area (Å²) in [5.74, 6) is -1.00. The molecule has 0 saturated heterocycles. The first-order chi connectivity index (χ1) is 8.11. The zero-order valence-electron chi connectivity index (χ0n) is 10.6. The molecule has 0 spiro atoms. The predicted octanol–water partition coefficient (Wildman–Crippen LogP) is 0.919. The second-order valence-electron chi connectivity index (χ2n) is 3.67. The van der Waals surface area contributed by atoms with Gasteiger partial charge < -0.3 is 20.1 Å². The lowest BCUT2D eigenvalue weighted by atomic mass is 10.4. The van der Waals surface area contributed by atoms with Crippen molar-refractivity contribution in [3.05, 3.63) is 0 Å². The van der Waals surface area contributed by atoms with Gasteiger partial charge in [-0.25, -0.2) is 9.59 Å². The van der Waals surface area contributed by atoms with Gasteiger partial charge in [0.2, 0.25) is 0 Å². The zero-order chi connectivity index (χ0) is 13.1. The van der Waals surface area contributed by atoms with Gasteiger partial charge in [-0.05, 0) is 12.8 Å². The smallest absolute Gasteiger partial charge is 0.329 e. The molecule has 0 aliphatic rings. The Hall–Kier alpha value is -1.30. The first-order valence-electron chi connectivity index (χ1n) is 5.94. The Balaban J connectivity index is 3.70. The Morgan fingerprint density at radius 2 is 1.82 bits per heavy atom. The molecule has 0 aromatic heterocycles. The molecule has 0 heterocycles. The number of aliphatic carboxylic acids is 1. The average Bonchev–Trinajstić information content (AvgIpc) is 2.27. The molecule has 0 unspecified atom stereocenters. The number of rotatable bonds is 9. The molecule has 2 amide bonds. The van der Waals surface area contributed by atoms with E-state index in [1.165, 1.54) is 0 Å². The topological polar surface area (TPSA) is 78.9 Å². The Morgan fingerprint density at radius 1 is 1.24 bits per heavy atom. The molecule has 0 radical (unpaired) electrons. The van der Waals surface area contributed by atoms with Gasteiger partial charge in [0, 0.05) is 19.6 Å². The Bertz CT molecular complexity index is 228. The van der Waals surface area contributed by atoms with Crippen LogP contribution in [0.25, 0.3) is 0 Å². The number of carboxylic acid groups (broad SMARTS) is 1. The molecule has 6 nitrogen and oxygen atoms in total. The normalized spacial score (nSPS) is 10.0. The van der Waals surface area contributed by atoms with Crippen molar-refractivity contribution < 1.29 is 19.4 Å². The average molecular weight is 246 g/mol. The third kappa shape index (κ3) is 8.50. The number of urea groups is 1. The van der Waals surface area contributed by atoms with E-state index in [-0.39, 0.29) is 19.2 Å².